The smallest absolute Gasteiger partial charge is 0.410 e. The summed E-state index contributed by atoms with van der Waals surface area (Å²) in [6.45, 7) is 2.17. The Balaban J connectivity index is 1.49. The van der Waals surface area contributed by atoms with Gasteiger partial charge in [0.25, 0.3) is 0 Å². The first-order chi connectivity index (χ1) is 16.6. The van der Waals surface area contributed by atoms with Crippen LogP contribution in [0, 0.1) is 18.3 Å². The summed E-state index contributed by atoms with van der Waals surface area (Å²) in [4.78, 5) is 19.3. The Bertz CT molecular complexity index is 1480. The lowest BCUT2D eigenvalue weighted by Crippen LogP contribution is -2.33. The lowest BCUT2D eigenvalue weighted by atomic mass is 10.1. The van der Waals surface area contributed by atoms with Gasteiger partial charge in [-0.25, -0.2) is 14.3 Å². The molecule has 2 aromatic heterocycles. The van der Waals surface area contributed by atoms with Gasteiger partial charge in [0, 0.05) is 23.0 Å². The Hall–Kier alpha value is -4.83. The number of aryl methyl sites for hydroxylation is 1. The highest BCUT2D eigenvalue weighted by atomic mass is 16.6. The number of amides is 1. The van der Waals surface area contributed by atoms with Crippen molar-refractivity contribution in [2.75, 3.05) is 4.90 Å². The normalized spacial score (nSPS) is 10.7. The number of aromatic amines is 1. The van der Waals surface area contributed by atoms with Crippen LogP contribution in [0.15, 0.2) is 91.1 Å². The van der Waals surface area contributed by atoms with Crippen LogP contribution in [0.25, 0.3) is 17.0 Å². The molecule has 5 aromatic rings. The van der Waals surface area contributed by atoms with Crippen molar-refractivity contribution in [1.82, 2.24) is 14.6 Å². The lowest BCUT2D eigenvalue weighted by molar-refractivity contribution is 0.207. The second kappa shape index (κ2) is 8.96. The van der Waals surface area contributed by atoms with Crippen molar-refractivity contribution in [3.8, 4) is 23.2 Å². The summed E-state index contributed by atoms with van der Waals surface area (Å²) in [5, 5.41) is 13.2. The molecule has 0 saturated carbocycles. The van der Waals surface area contributed by atoms with Gasteiger partial charge in [-0.2, -0.15) is 5.26 Å². The molecule has 5 rings (SSSR count). The van der Waals surface area contributed by atoms with Crippen LogP contribution in [0.5, 0.6) is 5.75 Å². The van der Waals surface area contributed by atoms with Crippen molar-refractivity contribution in [3.05, 3.63) is 108 Å². The van der Waals surface area contributed by atoms with Crippen LogP contribution < -0.4 is 9.64 Å². The number of hydrogen-bond acceptors (Lipinski definition) is 4. The third kappa shape index (κ3) is 4.12. The van der Waals surface area contributed by atoms with Crippen molar-refractivity contribution in [1.29, 1.82) is 5.26 Å². The molecule has 34 heavy (non-hydrogen) atoms. The molecule has 1 N–H and O–H groups in total. The summed E-state index contributed by atoms with van der Waals surface area (Å²) >= 11 is 0. The minimum absolute atomic E-state index is 0.148. The highest BCUT2D eigenvalue weighted by Gasteiger charge is 2.23. The van der Waals surface area contributed by atoms with Gasteiger partial charge in [-0.1, -0.05) is 66.2 Å². The van der Waals surface area contributed by atoms with Crippen LogP contribution >= 0.6 is 0 Å². The second-order valence-corrected chi connectivity index (χ2v) is 7.88. The SMILES string of the molecule is Cc1ccc(-c2nc3c(C#N)c(CN(C(=O)Oc4ccccc4)c4ccccc4)cn3[nH]2)cc1. The van der Waals surface area contributed by atoms with E-state index in [1.807, 2.05) is 67.6 Å². The molecule has 0 atom stereocenters. The monoisotopic (exact) mass is 447 g/mol. The summed E-state index contributed by atoms with van der Waals surface area (Å²) < 4.78 is 7.31. The molecule has 0 bridgehead atoms. The maximum atomic E-state index is 13.1. The van der Waals surface area contributed by atoms with Gasteiger partial charge in [0.05, 0.1) is 6.54 Å². The van der Waals surface area contributed by atoms with Gasteiger partial charge in [-0.15, -0.1) is 0 Å². The Morgan fingerprint density at radius 1 is 1.03 bits per heavy atom. The maximum Gasteiger partial charge on any atom is 0.420 e. The summed E-state index contributed by atoms with van der Waals surface area (Å²) in [5.74, 6) is 1.11. The fourth-order valence-corrected chi connectivity index (χ4v) is 3.75. The van der Waals surface area contributed by atoms with E-state index in [1.165, 1.54) is 4.90 Å². The van der Waals surface area contributed by atoms with E-state index in [-0.39, 0.29) is 6.54 Å². The quantitative estimate of drug-likeness (QED) is 0.374. The van der Waals surface area contributed by atoms with Gasteiger partial charge < -0.3 is 4.74 Å². The van der Waals surface area contributed by atoms with Crippen molar-refractivity contribution in [2.24, 2.45) is 0 Å². The van der Waals surface area contributed by atoms with E-state index in [0.29, 0.717) is 34.0 Å². The first-order valence-corrected chi connectivity index (χ1v) is 10.8. The third-order valence-electron chi connectivity index (χ3n) is 5.50. The maximum absolute atomic E-state index is 13.1. The van der Waals surface area contributed by atoms with Crippen LogP contribution in [-0.2, 0) is 6.54 Å². The molecule has 0 fully saturated rings. The molecule has 7 heteroatoms. The zero-order chi connectivity index (χ0) is 23.5. The Morgan fingerprint density at radius 3 is 2.38 bits per heavy atom. The summed E-state index contributed by atoms with van der Waals surface area (Å²) in [5.41, 5.74) is 4.32. The number of hydrogen-bond donors (Lipinski definition) is 1. The standard InChI is InChI=1S/C27H21N5O2/c1-19-12-14-20(15-13-19)25-29-26-24(16-28)21(18-32(26)30-25)17-31(22-8-4-2-5-9-22)27(33)34-23-10-6-3-7-11-23/h2-15,18H,17H2,1H3,(H,29,30). The second-order valence-electron chi connectivity index (χ2n) is 7.88. The van der Waals surface area contributed by atoms with Gasteiger partial charge in [0.1, 0.15) is 17.4 Å². The Morgan fingerprint density at radius 2 is 1.71 bits per heavy atom. The average molecular weight is 447 g/mol. The van der Waals surface area contributed by atoms with Crippen LogP contribution in [-0.4, -0.2) is 20.7 Å². The largest absolute Gasteiger partial charge is 0.420 e. The highest BCUT2D eigenvalue weighted by Crippen LogP contribution is 2.25. The Labute approximate surface area is 196 Å². The molecule has 7 nitrogen and oxygen atoms in total. The van der Waals surface area contributed by atoms with Gasteiger partial charge in [0.15, 0.2) is 11.5 Å². The van der Waals surface area contributed by atoms with E-state index in [1.54, 1.807) is 35.0 Å². The van der Waals surface area contributed by atoms with E-state index in [0.717, 1.165) is 11.1 Å². The van der Waals surface area contributed by atoms with Crippen molar-refractivity contribution < 1.29 is 9.53 Å². The number of para-hydroxylation sites is 2. The van der Waals surface area contributed by atoms with Gasteiger partial charge in [0.2, 0.25) is 0 Å². The van der Waals surface area contributed by atoms with Crippen molar-refractivity contribution in [2.45, 2.75) is 13.5 Å². The van der Waals surface area contributed by atoms with Crippen LogP contribution in [0.3, 0.4) is 0 Å². The molecule has 1 amide bonds. The zero-order valence-electron chi connectivity index (χ0n) is 18.5. The highest BCUT2D eigenvalue weighted by molar-refractivity contribution is 5.89. The molecule has 0 aliphatic carbocycles. The lowest BCUT2D eigenvalue weighted by Gasteiger charge is -2.22. The molecule has 0 aliphatic rings. The number of carbonyl (C=O) groups is 1. The van der Waals surface area contributed by atoms with Crippen molar-refractivity contribution >= 4 is 17.4 Å². The zero-order valence-corrected chi connectivity index (χ0v) is 18.5. The Kier molecular flexibility index (Phi) is 5.55. The summed E-state index contributed by atoms with van der Waals surface area (Å²) in [6.07, 6.45) is 1.26. The van der Waals surface area contributed by atoms with E-state index in [4.69, 9.17) is 4.74 Å². The molecule has 2 heterocycles. The number of ether oxygens (including phenoxy) is 1. The minimum atomic E-state index is -0.538. The number of rotatable bonds is 5. The minimum Gasteiger partial charge on any atom is -0.410 e. The molecule has 3 aromatic carbocycles. The predicted molar refractivity (Wildman–Crippen MR) is 130 cm³/mol. The first kappa shape index (κ1) is 21.0. The molecule has 0 spiro atoms. The van der Waals surface area contributed by atoms with E-state index in [9.17, 15) is 10.1 Å². The number of fused-ring (bicyclic) bond motifs is 1. The van der Waals surface area contributed by atoms with E-state index in [2.05, 4.69) is 16.2 Å². The summed E-state index contributed by atoms with van der Waals surface area (Å²) in [6, 6.07) is 28.4. The fourth-order valence-electron chi connectivity index (χ4n) is 3.75. The van der Waals surface area contributed by atoms with E-state index >= 15 is 0 Å². The van der Waals surface area contributed by atoms with Crippen LogP contribution in [0.2, 0.25) is 0 Å². The topological polar surface area (TPSA) is 86.4 Å². The predicted octanol–water partition coefficient (Wildman–Crippen LogP) is 5.72. The number of anilines is 1. The molecular formula is C27H21N5O2. The number of carbonyl (C=O) groups excluding carboxylic acids is 1. The van der Waals surface area contributed by atoms with Crippen LogP contribution in [0.4, 0.5) is 10.5 Å². The average Bonchev–Trinajstić information content (AvgIpc) is 3.41. The molecule has 166 valence electrons. The number of nitriles is 1. The number of H-pyrrole nitrogens is 1. The number of nitrogens with one attached hydrogen (secondary N) is 1. The molecular weight excluding hydrogens is 426 g/mol. The number of nitrogens with zero attached hydrogens (tertiary/aromatic N) is 4. The van der Waals surface area contributed by atoms with Gasteiger partial charge in [-0.05, 0) is 31.2 Å². The first-order valence-electron chi connectivity index (χ1n) is 10.8. The molecule has 0 saturated heterocycles. The molecule has 0 radical (unpaired) electrons. The summed E-state index contributed by atoms with van der Waals surface area (Å²) in [7, 11) is 0. The molecule has 0 aliphatic heterocycles. The van der Waals surface area contributed by atoms with Gasteiger partial charge in [-0.3, -0.25) is 10.00 Å². The van der Waals surface area contributed by atoms with E-state index < -0.39 is 6.09 Å². The fraction of sp³-hybridized carbons (Fsp3) is 0.0741. The molecule has 0 unspecified atom stereocenters. The third-order valence-corrected chi connectivity index (χ3v) is 5.50. The van der Waals surface area contributed by atoms with Crippen LogP contribution in [0.1, 0.15) is 16.7 Å². The van der Waals surface area contributed by atoms with Gasteiger partial charge >= 0.3 is 6.09 Å². The number of benzene rings is 3. The van der Waals surface area contributed by atoms with Crippen molar-refractivity contribution in [3.63, 3.8) is 0 Å². The number of aromatic nitrogens is 3.